The van der Waals surface area contributed by atoms with E-state index in [1.165, 1.54) is 218 Å². The fourth-order valence-electron chi connectivity index (χ4n) is 6.38. The van der Waals surface area contributed by atoms with Gasteiger partial charge in [0, 0.05) is 19.6 Å². The molecule has 3 heteroatoms. The first-order chi connectivity index (χ1) is 22.3. The maximum absolute atomic E-state index is 3.74. The molecule has 0 amide bonds. The fraction of sp³-hybridized carbons (Fsp3) is 0.952. The maximum Gasteiger partial charge on any atom is 0.0288 e. The molecule has 270 valence electrons. The third-order valence-corrected chi connectivity index (χ3v) is 9.56. The Morgan fingerprint density at radius 3 is 0.911 bits per heavy atom. The molecule has 0 aromatic carbocycles. The summed E-state index contributed by atoms with van der Waals surface area (Å²) in [4.78, 5) is 0. The first-order valence-corrected chi connectivity index (χ1v) is 21.2. The van der Waals surface area contributed by atoms with Gasteiger partial charge in [0.1, 0.15) is 0 Å². The zero-order valence-corrected chi connectivity index (χ0v) is 31.8. The zero-order chi connectivity index (χ0) is 32.6. The van der Waals surface area contributed by atoms with Crippen LogP contribution in [0.5, 0.6) is 0 Å². The van der Waals surface area contributed by atoms with Gasteiger partial charge >= 0.3 is 0 Å². The molecule has 0 unspecified atom stereocenters. The summed E-state index contributed by atoms with van der Waals surface area (Å²) >= 11 is 0. The van der Waals surface area contributed by atoms with Gasteiger partial charge in [-0.15, -0.1) is 0 Å². The van der Waals surface area contributed by atoms with Crippen molar-refractivity contribution in [1.82, 2.24) is 16.0 Å². The van der Waals surface area contributed by atoms with Crippen molar-refractivity contribution in [3.63, 3.8) is 0 Å². The highest BCUT2D eigenvalue weighted by molar-refractivity contribution is 4.81. The van der Waals surface area contributed by atoms with Crippen molar-refractivity contribution in [3.8, 4) is 0 Å². The molecule has 0 aliphatic rings. The average molecular weight is 634 g/mol. The minimum atomic E-state index is 1.12. The Hall–Kier alpha value is -0.380. The van der Waals surface area contributed by atoms with E-state index in [2.05, 4.69) is 48.9 Å². The minimum Gasteiger partial charge on any atom is -0.242 e. The first-order valence-electron chi connectivity index (χ1n) is 21.2. The smallest absolute Gasteiger partial charge is 0.0288 e. The standard InChI is InChI=1S/C42H87N3/c1-4-7-10-13-16-18-20-22-24-25-27-29-31-33-36-39-42-45(43-40-37-34-15-12-9-6-3)44-41-38-35-32-30-28-26-23-21-19-17-14-11-8-5-2/h22,24,43-44H,4-21,23,25-42H2,1-3H3/b24-22-. The molecule has 0 spiro atoms. The van der Waals surface area contributed by atoms with E-state index in [1.807, 2.05) is 0 Å². The molecule has 0 aliphatic heterocycles. The fourth-order valence-corrected chi connectivity index (χ4v) is 6.38. The van der Waals surface area contributed by atoms with Crippen LogP contribution in [0.25, 0.3) is 0 Å². The van der Waals surface area contributed by atoms with Gasteiger partial charge in [0.25, 0.3) is 0 Å². The van der Waals surface area contributed by atoms with Crippen LogP contribution in [0.1, 0.15) is 239 Å². The van der Waals surface area contributed by atoms with E-state index in [0.717, 1.165) is 19.6 Å². The average Bonchev–Trinajstić information content (AvgIpc) is 3.05. The number of allylic oxidation sites excluding steroid dienone is 2. The third-order valence-electron chi connectivity index (χ3n) is 9.56. The molecule has 0 rings (SSSR count). The van der Waals surface area contributed by atoms with Crippen molar-refractivity contribution < 1.29 is 0 Å². The summed E-state index contributed by atoms with van der Waals surface area (Å²) in [6.07, 6.45) is 52.4. The number of rotatable bonds is 40. The lowest BCUT2D eigenvalue weighted by Gasteiger charge is -2.24. The Bertz CT molecular complexity index is 534. The molecule has 45 heavy (non-hydrogen) atoms. The SMILES string of the molecule is CCCCCCCC/C=C\CCCCCCCCN(NCCCCCCCC)NCCCCCCCCCCCCCCCC. The quantitative estimate of drug-likeness (QED) is 0.0399. The molecule has 0 atom stereocenters. The number of hydrazine groups is 2. The van der Waals surface area contributed by atoms with E-state index in [-0.39, 0.29) is 0 Å². The second-order valence-electron chi connectivity index (χ2n) is 14.3. The first kappa shape index (κ1) is 44.6. The van der Waals surface area contributed by atoms with E-state index < -0.39 is 0 Å². The molecule has 3 nitrogen and oxygen atoms in total. The molecule has 2 N–H and O–H groups in total. The van der Waals surface area contributed by atoms with Crippen LogP contribution in [0.4, 0.5) is 0 Å². The van der Waals surface area contributed by atoms with Crippen LogP contribution in [0.3, 0.4) is 0 Å². The van der Waals surface area contributed by atoms with Crippen LogP contribution in [-0.2, 0) is 0 Å². The molecule has 0 saturated carbocycles. The van der Waals surface area contributed by atoms with Crippen molar-refractivity contribution in [2.24, 2.45) is 0 Å². The molecule has 0 aromatic heterocycles. The second kappa shape index (κ2) is 41.6. The van der Waals surface area contributed by atoms with Crippen LogP contribution in [-0.4, -0.2) is 24.8 Å². The summed E-state index contributed by atoms with van der Waals surface area (Å²) in [5.41, 5.74) is 7.47. The highest BCUT2D eigenvalue weighted by Gasteiger charge is 2.04. The molecular weight excluding hydrogens is 546 g/mol. The van der Waals surface area contributed by atoms with Gasteiger partial charge in [-0.3, -0.25) is 0 Å². The predicted molar refractivity (Wildman–Crippen MR) is 206 cm³/mol. The van der Waals surface area contributed by atoms with Gasteiger partial charge in [0.15, 0.2) is 0 Å². The summed E-state index contributed by atoms with van der Waals surface area (Å²) in [6.45, 7) is 10.3. The van der Waals surface area contributed by atoms with Gasteiger partial charge in [0.2, 0.25) is 0 Å². The topological polar surface area (TPSA) is 27.3 Å². The Kier molecular flexibility index (Phi) is 41.3. The van der Waals surface area contributed by atoms with Gasteiger partial charge in [-0.2, -0.15) is 5.12 Å². The normalized spacial score (nSPS) is 11.9. The van der Waals surface area contributed by atoms with E-state index in [1.54, 1.807) is 0 Å². The number of hydrogen-bond acceptors (Lipinski definition) is 3. The molecule has 0 aliphatic carbocycles. The lowest BCUT2D eigenvalue weighted by Crippen LogP contribution is -2.49. The van der Waals surface area contributed by atoms with E-state index >= 15 is 0 Å². The van der Waals surface area contributed by atoms with E-state index in [9.17, 15) is 0 Å². The summed E-state index contributed by atoms with van der Waals surface area (Å²) in [5.74, 6) is 0. The predicted octanol–water partition coefficient (Wildman–Crippen LogP) is 14.2. The molecule has 0 bridgehead atoms. The largest absolute Gasteiger partial charge is 0.242 e. The molecule has 0 fully saturated rings. The number of hydrogen-bond donors (Lipinski definition) is 2. The minimum absolute atomic E-state index is 1.12. The van der Waals surface area contributed by atoms with Crippen LogP contribution >= 0.6 is 0 Å². The van der Waals surface area contributed by atoms with Crippen molar-refractivity contribution in [2.45, 2.75) is 239 Å². The maximum atomic E-state index is 3.74. The molecule has 0 radical (unpaired) electrons. The van der Waals surface area contributed by atoms with Crippen LogP contribution in [0.2, 0.25) is 0 Å². The molecule has 0 heterocycles. The summed E-state index contributed by atoms with van der Waals surface area (Å²) in [6, 6.07) is 0. The summed E-state index contributed by atoms with van der Waals surface area (Å²) in [7, 11) is 0. The van der Waals surface area contributed by atoms with Crippen molar-refractivity contribution in [1.29, 1.82) is 0 Å². The Morgan fingerprint density at radius 2 is 0.578 bits per heavy atom. The van der Waals surface area contributed by atoms with Crippen molar-refractivity contribution in [2.75, 3.05) is 19.6 Å². The number of nitrogens with zero attached hydrogens (tertiary/aromatic N) is 1. The van der Waals surface area contributed by atoms with Gasteiger partial charge in [-0.05, 0) is 44.9 Å². The highest BCUT2D eigenvalue weighted by atomic mass is 15.7. The Labute approximate surface area is 286 Å². The van der Waals surface area contributed by atoms with Gasteiger partial charge in [-0.1, -0.05) is 206 Å². The van der Waals surface area contributed by atoms with Crippen molar-refractivity contribution >= 4 is 0 Å². The summed E-state index contributed by atoms with van der Waals surface area (Å²) in [5, 5.41) is 2.35. The molecular formula is C42H87N3. The molecule has 0 saturated heterocycles. The van der Waals surface area contributed by atoms with Gasteiger partial charge in [0.05, 0.1) is 0 Å². The van der Waals surface area contributed by atoms with Gasteiger partial charge < -0.3 is 0 Å². The number of nitrogens with one attached hydrogen (secondary N) is 2. The zero-order valence-electron chi connectivity index (χ0n) is 31.8. The second-order valence-corrected chi connectivity index (χ2v) is 14.3. The lowest BCUT2D eigenvalue weighted by molar-refractivity contribution is 0.108. The monoisotopic (exact) mass is 634 g/mol. The Balaban J connectivity index is 3.82. The molecule has 0 aromatic rings. The van der Waals surface area contributed by atoms with E-state index in [4.69, 9.17) is 0 Å². The summed E-state index contributed by atoms with van der Waals surface area (Å²) < 4.78 is 0. The Morgan fingerprint density at radius 1 is 0.311 bits per heavy atom. The van der Waals surface area contributed by atoms with Crippen LogP contribution in [0, 0.1) is 0 Å². The number of unbranched alkanes of at least 4 members (excludes halogenated alkanes) is 30. The third kappa shape index (κ3) is 39.7. The highest BCUT2D eigenvalue weighted by Crippen LogP contribution is 2.13. The lowest BCUT2D eigenvalue weighted by atomic mass is 10.0. The van der Waals surface area contributed by atoms with Crippen molar-refractivity contribution in [3.05, 3.63) is 12.2 Å². The van der Waals surface area contributed by atoms with E-state index in [0.29, 0.717) is 0 Å². The van der Waals surface area contributed by atoms with Crippen LogP contribution in [0.15, 0.2) is 12.2 Å². The van der Waals surface area contributed by atoms with Crippen LogP contribution < -0.4 is 10.9 Å². The van der Waals surface area contributed by atoms with Gasteiger partial charge in [-0.25, -0.2) is 10.9 Å².